The molecule has 0 radical (unpaired) electrons. The Morgan fingerprint density at radius 1 is 1.07 bits per heavy atom. The number of aromatic hydroxyl groups is 1. The van der Waals surface area contributed by atoms with Gasteiger partial charge in [-0.25, -0.2) is 4.98 Å². The summed E-state index contributed by atoms with van der Waals surface area (Å²) in [6, 6.07) is 8.95. The molecule has 0 aliphatic rings. The molecule has 0 unspecified atom stereocenters. The lowest BCUT2D eigenvalue weighted by Gasteiger charge is -2.14. The molecule has 7 nitrogen and oxygen atoms in total. The van der Waals surface area contributed by atoms with Crippen molar-refractivity contribution in [3.63, 3.8) is 0 Å². The number of rotatable bonds is 4. The van der Waals surface area contributed by atoms with Crippen molar-refractivity contribution >= 4 is 5.82 Å². The van der Waals surface area contributed by atoms with Crippen LogP contribution in [0.2, 0.25) is 0 Å². The molecule has 0 atom stereocenters. The predicted molar refractivity (Wildman–Crippen MR) is 101 cm³/mol. The summed E-state index contributed by atoms with van der Waals surface area (Å²) in [5.41, 5.74) is 8.82. The topological polar surface area (TPSA) is 115 Å². The summed E-state index contributed by atoms with van der Waals surface area (Å²) in [6.07, 6.45) is 0. The average Bonchev–Trinajstić information content (AvgIpc) is 2.99. The molecule has 3 rings (SSSR count). The van der Waals surface area contributed by atoms with Crippen molar-refractivity contribution in [2.45, 2.75) is 13.8 Å². The number of ether oxygens (including phenoxy) is 2. The van der Waals surface area contributed by atoms with Gasteiger partial charge in [-0.1, -0.05) is 0 Å². The van der Waals surface area contributed by atoms with E-state index in [-0.39, 0.29) is 28.6 Å². The third-order valence-corrected chi connectivity index (χ3v) is 4.27. The van der Waals surface area contributed by atoms with Crippen molar-refractivity contribution in [1.29, 1.82) is 5.26 Å². The molecule has 2 aromatic heterocycles. The molecule has 7 heteroatoms. The number of nitriles is 1. The van der Waals surface area contributed by atoms with Crippen molar-refractivity contribution in [1.82, 2.24) is 4.98 Å². The molecule has 0 saturated carbocycles. The van der Waals surface area contributed by atoms with Crippen LogP contribution in [-0.4, -0.2) is 24.3 Å². The largest absolute Gasteiger partial charge is 0.502 e. The highest BCUT2D eigenvalue weighted by Gasteiger charge is 2.19. The molecule has 0 aliphatic heterocycles. The Hall–Kier alpha value is -3.66. The second kappa shape index (κ2) is 6.92. The maximum Gasteiger partial charge on any atom is 0.200 e. The van der Waals surface area contributed by atoms with Gasteiger partial charge in [-0.05, 0) is 43.7 Å². The number of furan rings is 1. The number of methoxy groups -OCH3 is 2. The Bertz CT molecular complexity index is 1040. The minimum absolute atomic E-state index is 0.106. The molecular formula is C20H19N3O4. The number of benzene rings is 1. The van der Waals surface area contributed by atoms with Crippen LogP contribution in [0, 0.1) is 25.2 Å². The number of phenolic OH excluding ortho intramolecular Hbond substituents is 1. The molecule has 0 saturated heterocycles. The monoisotopic (exact) mass is 365 g/mol. The van der Waals surface area contributed by atoms with E-state index in [0.717, 1.165) is 11.3 Å². The van der Waals surface area contributed by atoms with E-state index >= 15 is 0 Å². The molecule has 0 aliphatic carbocycles. The smallest absolute Gasteiger partial charge is 0.200 e. The summed E-state index contributed by atoms with van der Waals surface area (Å²) in [6.45, 7) is 3.69. The van der Waals surface area contributed by atoms with Gasteiger partial charge >= 0.3 is 0 Å². The van der Waals surface area contributed by atoms with Crippen LogP contribution < -0.4 is 15.2 Å². The van der Waals surface area contributed by atoms with Crippen molar-refractivity contribution in [2.24, 2.45) is 0 Å². The lowest BCUT2D eigenvalue weighted by atomic mass is 9.97. The highest BCUT2D eigenvalue weighted by atomic mass is 16.5. The summed E-state index contributed by atoms with van der Waals surface area (Å²) >= 11 is 0. The first kappa shape index (κ1) is 18.1. The number of anilines is 1. The number of aryl methyl sites for hydroxylation is 2. The second-order valence-electron chi connectivity index (χ2n) is 5.98. The van der Waals surface area contributed by atoms with Gasteiger partial charge in [-0.15, -0.1) is 0 Å². The summed E-state index contributed by atoms with van der Waals surface area (Å²) in [5.74, 6) is 1.89. The zero-order chi connectivity index (χ0) is 19.7. The van der Waals surface area contributed by atoms with Gasteiger partial charge in [0.1, 0.15) is 29.0 Å². The molecule has 27 heavy (non-hydrogen) atoms. The number of hydrogen-bond acceptors (Lipinski definition) is 7. The number of pyridine rings is 1. The van der Waals surface area contributed by atoms with E-state index in [1.165, 1.54) is 14.2 Å². The lowest BCUT2D eigenvalue weighted by Crippen LogP contribution is -2.00. The summed E-state index contributed by atoms with van der Waals surface area (Å²) in [5, 5.41) is 19.7. The first-order valence-electron chi connectivity index (χ1n) is 8.13. The van der Waals surface area contributed by atoms with Crippen LogP contribution in [0.15, 0.2) is 28.7 Å². The third-order valence-electron chi connectivity index (χ3n) is 4.27. The molecule has 0 fully saturated rings. The molecule has 3 N–H and O–H groups in total. The van der Waals surface area contributed by atoms with Crippen LogP contribution in [0.1, 0.15) is 17.1 Å². The number of nitrogens with zero attached hydrogens (tertiary/aromatic N) is 2. The van der Waals surface area contributed by atoms with Gasteiger partial charge in [0.15, 0.2) is 11.5 Å². The van der Waals surface area contributed by atoms with E-state index in [1.54, 1.807) is 18.2 Å². The van der Waals surface area contributed by atoms with Gasteiger partial charge in [0.05, 0.1) is 19.9 Å². The van der Waals surface area contributed by atoms with E-state index in [1.807, 2.05) is 19.9 Å². The maximum absolute atomic E-state index is 10.1. The molecule has 138 valence electrons. The zero-order valence-electron chi connectivity index (χ0n) is 15.5. The fourth-order valence-corrected chi connectivity index (χ4v) is 2.98. The van der Waals surface area contributed by atoms with Crippen LogP contribution in [-0.2, 0) is 0 Å². The van der Waals surface area contributed by atoms with Crippen LogP contribution >= 0.6 is 0 Å². The van der Waals surface area contributed by atoms with E-state index in [4.69, 9.17) is 19.6 Å². The minimum Gasteiger partial charge on any atom is -0.502 e. The van der Waals surface area contributed by atoms with Crippen molar-refractivity contribution in [2.75, 3.05) is 20.0 Å². The molecular weight excluding hydrogens is 346 g/mol. The van der Waals surface area contributed by atoms with Gasteiger partial charge < -0.3 is 24.7 Å². The summed E-state index contributed by atoms with van der Waals surface area (Å²) in [4.78, 5) is 4.36. The van der Waals surface area contributed by atoms with Crippen LogP contribution in [0.25, 0.3) is 22.4 Å². The van der Waals surface area contributed by atoms with E-state index in [9.17, 15) is 10.4 Å². The normalized spacial score (nSPS) is 10.5. The van der Waals surface area contributed by atoms with E-state index < -0.39 is 0 Å². The van der Waals surface area contributed by atoms with Gasteiger partial charge in [0, 0.05) is 11.1 Å². The van der Waals surface area contributed by atoms with Gasteiger partial charge in [0.25, 0.3) is 0 Å². The van der Waals surface area contributed by atoms with Crippen LogP contribution in [0.3, 0.4) is 0 Å². The van der Waals surface area contributed by atoms with Crippen molar-refractivity contribution in [3.8, 4) is 45.7 Å². The zero-order valence-corrected chi connectivity index (χ0v) is 15.5. The van der Waals surface area contributed by atoms with Crippen LogP contribution in [0.4, 0.5) is 5.82 Å². The standard InChI is InChI=1S/C20H19N3O4/c1-10-5-13(11(2)27-10)16-8-14(15(9-21)20(22)23-16)12-6-17(25-3)19(24)18(7-12)26-4/h5-8,24H,1-4H3,(H2,22,23). The second-order valence-corrected chi connectivity index (χ2v) is 5.98. The lowest BCUT2D eigenvalue weighted by molar-refractivity contribution is 0.340. The van der Waals surface area contributed by atoms with Crippen molar-refractivity contribution in [3.05, 3.63) is 41.3 Å². The Morgan fingerprint density at radius 3 is 2.19 bits per heavy atom. The fraction of sp³-hybridized carbons (Fsp3) is 0.200. The number of aromatic nitrogens is 1. The van der Waals surface area contributed by atoms with Crippen molar-refractivity contribution < 1.29 is 19.0 Å². The van der Waals surface area contributed by atoms with Gasteiger partial charge in [-0.3, -0.25) is 0 Å². The number of nitrogens with two attached hydrogens (primary N) is 1. The van der Waals surface area contributed by atoms with E-state index in [2.05, 4.69) is 11.1 Å². The Balaban J connectivity index is 2.30. The first-order valence-corrected chi connectivity index (χ1v) is 8.13. The highest BCUT2D eigenvalue weighted by Crippen LogP contribution is 2.42. The Kier molecular flexibility index (Phi) is 4.65. The number of phenols is 1. The molecule has 2 heterocycles. The third kappa shape index (κ3) is 3.13. The van der Waals surface area contributed by atoms with Gasteiger partial charge in [0.2, 0.25) is 5.75 Å². The molecule has 0 amide bonds. The summed E-state index contributed by atoms with van der Waals surface area (Å²) < 4.78 is 16.0. The average molecular weight is 365 g/mol. The molecule has 1 aromatic carbocycles. The Morgan fingerprint density at radius 2 is 1.70 bits per heavy atom. The quantitative estimate of drug-likeness (QED) is 0.722. The Labute approximate surface area is 156 Å². The fourth-order valence-electron chi connectivity index (χ4n) is 2.98. The van der Waals surface area contributed by atoms with Crippen LogP contribution in [0.5, 0.6) is 17.2 Å². The first-order chi connectivity index (χ1) is 12.9. The molecule has 3 aromatic rings. The predicted octanol–water partition coefficient (Wildman–Crippen LogP) is 3.80. The number of nitrogen functional groups attached to an aromatic ring is 1. The SMILES string of the molecule is COc1cc(-c2cc(-c3cc(C)oc3C)nc(N)c2C#N)cc(OC)c1O. The number of hydrogen-bond donors (Lipinski definition) is 2. The summed E-state index contributed by atoms with van der Waals surface area (Å²) in [7, 11) is 2.88. The highest BCUT2D eigenvalue weighted by molar-refractivity contribution is 5.82. The maximum atomic E-state index is 10.1. The molecule has 0 bridgehead atoms. The van der Waals surface area contributed by atoms with Gasteiger partial charge in [-0.2, -0.15) is 5.26 Å². The molecule has 0 spiro atoms. The van der Waals surface area contributed by atoms with E-state index in [0.29, 0.717) is 22.6 Å². The minimum atomic E-state index is -0.120.